The van der Waals surface area contributed by atoms with Crippen molar-refractivity contribution in [1.29, 1.82) is 0 Å². The molecule has 1 atom stereocenters. The molecule has 0 fully saturated rings. The van der Waals surface area contributed by atoms with E-state index in [0.717, 1.165) is 10.7 Å². The highest BCUT2D eigenvalue weighted by molar-refractivity contribution is 7.09. The Bertz CT molecular complexity index is 374. The topological polar surface area (TPSA) is 68.0 Å². The number of nitrogens with zero attached hydrogens (tertiary/aromatic N) is 1. The number of hydrogen-bond acceptors (Lipinski definition) is 4. The molecule has 0 aliphatic rings. The molecule has 0 aromatic carbocycles. The minimum atomic E-state index is -0.445. The third-order valence-electron chi connectivity index (χ3n) is 2.60. The summed E-state index contributed by atoms with van der Waals surface area (Å²) in [5.74, 6) is 0.465. The first kappa shape index (κ1) is 14.1. The number of carbonyl (C=O) groups is 1. The van der Waals surface area contributed by atoms with Crippen LogP contribution < -0.4 is 11.1 Å². The lowest BCUT2D eigenvalue weighted by Crippen LogP contribution is -2.43. The van der Waals surface area contributed by atoms with E-state index in [2.05, 4.69) is 24.1 Å². The number of hydrogen-bond donors (Lipinski definition) is 2. The number of carbonyl (C=O) groups excluding carboxylic acids is 1. The first-order chi connectivity index (χ1) is 7.91. The molecule has 5 heteroatoms. The van der Waals surface area contributed by atoms with E-state index in [4.69, 9.17) is 5.73 Å². The fourth-order valence-corrected chi connectivity index (χ4v) is 2.15. The minimum Gasteiger partial charge on any atom is -0.348 e. The van der Waals surface area contributed by atoms with Crippen molar-refractivity contribution in [1.82, 2.24) is 10.3 Å². The van der Waals surface area contributed by atoms with Crippen LogP contribution in [0.2, 0.25) is 0 Å². The smallest absolute Gasteiger partial charge is 0.237 e. The molecule has 4 nitrogen and oxygen atoms in total. The van der Waals surface area contributed by atoms with Crippen LogP contribution in [-0.4, -0.2) is 16.9 Å². The van der Waals surface area contributed by atoms with Crippen LogP contribution in [0.5, 0.6) is 0 Å². The number of rotatable bonds is 5. The van der Waals surface area contributed by atoms with Crippen molar-refractivity contribution in [3.63, 3.8) is 0 Å². The molecule has 1 aromatic heterocycles. The molecule has 96 valence electrons. The van der Waals surface area contributed by atoms with E-state index < -0.39 is 6.04 Å². The van der Waals surface area contributed by atoms with Crippen LogP contribution in [-0.2, 0) is 11.3 Å². The zero-order chi connectivity index (χ0) is 13.0. The predicted octanol–water partition coefficient (Wildman–Crippen LogP) is 1.87. The summed E-state index contributed by atoms with van der Waals surface area (Å²) in [6.45, 7) is 8.55. The van der Waals surface area contributed by atoms with Crippen molar-refractivity contribution in [3.8, 4) is 0 Å². The molecule has 1 amide bonds. The zero-order valence-electron chi connectivity index (χ0n) is 10.9. The molecule has 1 heterocycles. The van der Waals surface area contributed by atoms with Crippen LogP contribution in [0.1, 0.15) is 44.3 Å². The third-order valence-corrected chi connectivity index (χ3v) is 3.46. The normalized spacial score (nSPS) is 13.1. The van der Waals surface area contributed by atoms with Crippen LogP contribution in [0, 0.1) is 5.92 Å². The molecule has 0 bridgehead atoms. The minimum absolute atomic E-state index is 0.110. The molecular weight excluding hydrogens is 234 g/mol. The van der Waals surface area contributed by atoms with Gasteiger partial charge in [0.1, 0.15) is 5.01 Å². The van der Waals surface area contributed by atoms with Gasteiger partial charge in [-0.1, -0.05) is 27.7 Å². The molecule has 0 saturated heterocycles. The summed E-state index contributed by atoms with van der Waals surface area (Å²) in [7, 11) is 0. The van der Waals surface area contributed by atoms with E-state index in [1.807, 2.05) is 19.2 Å². The van der Waals surface area contributed by atoms with Gasteiger partial charge in [0.2, 0.25) is 5.91 Å². The highest BCUT2D eigenvalue weighted by Crippen LogP contribution is 2.17. The van der Waals surface area contributed by atoms with Crippen LogP contribution in [0.15, 0.2) is 5.38 Å². The van der Waals surface area contributed by atoms with Gasteiger partial charge in [-0.2, -0.15) is 0 Å². The second kappa shape index (κ2) is 6.12. The molecule has 1 aromatic rings. The van der Waals surface area contributed by atoms with E-state index in [9.17, 15) is 4.79 Å². The molecule has 17 heavy (non-hydrogen) atoms. The molecule has 1 rings (SSSR count). The molecule has 3 N–H and O–H groups in total. The summed E-state index contributed by atoms with van der Waals surface area (Å²) in [5.41, 5.74) is 6.82. The summed E-state index contributed by atoms with van der Waals surface area (Å²) in [5, 5.41) is 5.78. The van der Waals surface area contributed by atoms with Crippen LogP contribution in [0.3, 0.4) is 0 Å². The third kappa shape index (κ3) is 4.09. The molecule has 0 radical (unpaired) electrons. The van der Waals surface area contributed by atoms with Crippen molar-refractivity contribution < 1.29 is 4.79 Å². The molecule has 0 aliphatic heterocycles. The van der Waals surface area contributed by atoms with E-state index in [-0.39, 0.29) is 11.8 Å². The Balaban J connectivity index is 2.47. The largest absolute Gasteiger partial charge is 0.348 e. The van der Waals surface area contributed by atoms with Gasteiger partial charge in [-0.3, -0.25) is 4.79 Å². The molecule has 0 spiro atoms. The Morgan fingerprint density at radius 3 is 2.59 bits per heavy atom. The SMILES string of the molecule is CC(C)c1csc(CNC(=O)[C@@H](N)C(C)C)n1. The summed E-state index contributed by atoms with van der Waals surface area (Å²) in [6, 6.07) is -0.445. The Morgan fingerprint density at radius 2 is 2.12 bits per heavy atom. The van der Waals surface area contributed by atoms with Gasteiger partial charge in [0.25, 0.3) is 0 Å². The zero-order valence-corrected chi connectivity index (χ0v) is 11.7. The lowest BCUT2D eigenvalue weighted by molar-refractivity contribution is -0.123. The van der Waals surface area contributed by atoms with E-state index >= 15 is 0 Å². The molecule has 0 unspecified atom stereocenters. The van der Waals surface area contributed by atoms with Crippen LogP contribution in [0.4, 0.5) is 0 Å². The highest BCUT2D eigenvalue weighted by Gasteiger charge is 2.17. The summed E-state index contributed by atoms with van der Waals surface area (Å²) < 4.78 is 0. The van der Waals surface area contributed by atoms with Gasteiger partial charge in [0.15, 0.2) is 0 Å². The Labute approximate surface area is 107 Å². The summed E-state index contributed by atoms with van der Waals surface area (Å²) in [4.78, 5) is 16.1. The van der Waals surface area contributed by atoms with E-state index in [1.165, 1.54) is 0 Å². The van der Waals surface area contributed by atoms with E-state index in [1.54, 1.807) is 11.3 Å². The van der Waals surface area contributed by atoms with Crippen LogP contribution >= 0.6 is 11.3 Å². The fraction of sp³-hybridized carbons (Fsp3) is 0.667. The second-order valence-corrected chi connectivity index (χ2v) is 5.75. The first-order valence-electron chi connectivity index (χ1n) is 5.89. The summed E-state index contributed by atoms with van der Waals surface area (Å²) in [6.07, 6.45) is 0. The molecule has 0 saturated carbocycles. The number of thiazole rings is 1. The van der Waals surface area contributed by atoms with Gasteiger partial charge < -0.3 is 11.1 Å². The number of nitrogens with two attached hydrogens (primary N) is 1. The Kier molecular flexibility index (Phi) is 5.08. The second-order valence-electron chi connectivity index (χ2n) is 4.81. The summed E-state index contributed by atoms with van der Waals surface area (Å²) >= 11 is 1.57. The molecule has 0 aliphatic carbocycles. The average molecular weight is 255 g/mol. The Hall–Kier alpha value is -0.940. The van der Waals surface area contributed by atoms with Crippen molar-refractivity contribution in [3.05, 3.63) is 16.1 Å². The number of nitrogens with one attached hydrogen (secondary N) is 1. The van der Waals surface area contributed by atoms with Gasteiger partial charge >= 0.3 is 0 Å². The quantitative estimate of drug-likeness (QED) is 0.844. The van der Waals surface area contributed by atoms with Crippen molar-refractivity contribution in [2.24, 2.45) is 11.7 Å². The maximum Gasteiger partial charge on any atom is 0.237 e. The van der Waals surface area contributed by atoms with E-state index in [0.29, 0.717) is 12.5 Å². The van der Waals surface area contributed by atoms with Gasteiger partial charge in [0, 0.05) is 5.38 Å². The molecular formula is C12H21N3OS. The van der Waals surface area contributed by atoms with Crippen molar-refractivity contribution in [2.75, 3.05) is 0 Å². The first-order valence-corrected chi connectivity index (χ1v) is 6.77. The standard InChI is InChI=1S/C12H21N3OS/c1-7(2)9-6-17-10(15-9)5-14-12(16)11(13)8(3)4/h6-8,11H,5,13H2,1-4H3,(H,14,16)/t11-/m0/s1. The average Bonchev–Trinajstić information content (AvgIpc) is 2.73. The highest BCUT2D eigenvalue weighted by atomic mass is 32.1. The maximum atomic E-state index is 11.6. The monoisotopic (exact) mass is 255 g/mol. The predicted molar refractivity (Wildman–Crippen MR) is 70.9 cm³/mol. The maximum absolute atomic E-state index is 11.6. The lowest BCUT2D eigenvalue weighted by Gasteiger charge is -2.14. The van der Waals surface area contributed by atoms with Gasteiger partial charge in [0.05, 0.1) is 18.3 Å². The van der Waals surface area contributed by atoms with Crippen LogP contribution in [0.25, 0.3) is 0 Å². The van der Waals surface area contributed by atoms with Gasteiger partial charge in [-0.25, -0.2) is 4.98 Å². The van der Waals surface area contributed by atoms with Crippen molar-refractivity contribution >= 4 is 17.2 Å². The fourth-order valence-electron chi connectivity index (χ4n) is 1.25. The Morgan fingerprint density at radius 1 is 1.47 bits per heavy atom. The number of amides is 1. The van der Waals surface area contributed by atoms with Gasteiger partial charge in [-0.05, 0) is 11.8 Å². The lowest BCUT2D eigenvalue weighted by atomic mass is 10.1. The van der Waals surface area contributed by atoms with Gasteiger partial charge in [-0.15, -0.1) is 11.3 Å². The number of aromatic nitrogens is 1. The van der Waals surface area contributed by atoms with Crippen molar-refractivity contribution in [2.45, 2.75) is 46.2 Å².